The maximum atomic E-state index is 15.0. The molecule has 222 valence electrons. The predicted octanol–water partition coefficient (Wildman–Crippen LogP) is 5.97. The first kappa shape index (κ1) is 29.4. The van der Waals surface area contributed by atoms with Gasteiger partial charge in [0.25, 0.3) is 5.91 Å². The van der Waals surface area contributed by atoms with E-state index in [2.05, 4.69) is 30.8 Å². The highest BCUT2D eigenvalue weighted by atomic mass is 19.1. The molecule has 0 atom stereocenters. The number of nitrogens with one attached hydrogen (secondary N) is 3. The van der Waals surface area contributed by atoms with Gasteiger partial charge in [-0.15, -0.1) is 0 Å². The van der Waals surface area contributed by atoms with Crippen molar-refractivity contribution < 1.29 is 27.8 Å². The second kappa shape index (κ2) is 13.3. The summed E-state index contributed by atoms with van der Waals surface area (Å²) in [6.45, 7) is 3.08. The zero-order valence-electron chi connectivity index (χ0n) is 23.6. The van der Waals surface area contributed by atoms with E-state index in [1.165, 1.54) is 61.8 Å². The van der Waals surface area contributed by atoms with Gasteiger partial charge in [-0.1, -0.05) is 0 Å². The predicted molar refractivity (Wildman–Crippen MR) is 158 cm³/mol. The Morgan fingerprint density at radius 2 is 1.74 bits per heavy atom. The van der Waals surface area contributed by atoms with Gasteiger partial charge in [-0.3, -0.25) is 9.59 Å². The fourth-order valence-electron chi connectivity index (χ4n) is 4.51. The lowest BCUT2D eigenvalue weighted by molar-refractivity contribution is -0.114. The van der Waals surface area contributed by atoms with Crippen LogP contribution in [0.2, 0.25) is 0 Å². The first-order valence-electron chi connectivity index (χ1n) is 13.6. The molecule has 10 nitrogen and oxygen atoms in total. The number of ether oxygens (including phenoxy) is 2. The largest absolute Gasteiger partial charge is 0.488 e. The van der Waals surface area contributed by atoms with Gasteiger partial charge >= 0.3 is 0 Å². The summed E-state index contributed by atoms with van der Waals surface area (Å²) in [6.07, 6.45) is 4.41. The Morgan fingerprint density at radius 1 is 0.930 bits per heavy atom. The van der Waals surface area contributed by atoms with E-state index < -0.39 is 17.5 Å². The van der Waals surface area contributed by atoms with E-state index in [-0.39, 0.29) is 46.5 Å². The van der Waals surface area contributed by atoms with Crippen LogP contribution in [0, 0.1) is 11.6 Å². The number of carbonyl (C=O) groups excluding carboxylic acids is 2. The number of carbonyl (C=O) groups is 2. The molecule has 0 radical (unpaired) electrons. The number of hydrogen-bond donors (Lipinski definition) is 3. The van der Waals surface area contributed by atoms with Crippen LogP contribution < -0.4 is 25.4 Å². The molecule has 1 aliphatic heterocycles. The number of nitrogens with zero attached hydrogens (tertiary/aromatic N) is 3. The number of benzene rings is 2. The molecular formula is C31H30F2N6O4. The quantitative estimate of drug-likeness (QED) is 0.219. The Hall–Kier alpha value is -5.10. The van der Waals surface area contributed by atoms with Crippen LogP contribution in [-0.4, -0.2) is 52.9 Å². The highest BCUT2D eigenvalue weighted by Gasteiger charge is 2.21. The monoisotopic (exact) mass is 588 g/mol. The van der Waals surface area contributed by atoms with E-state index >= 15 is 0 Å². The van der Waals surface area contributed by atoms with Crippen molar-refractivity contribution in [1.82, 2.24) is 14.9 Å². The molecule has 0 bridgehead atoms. The van der Waals surface area contributed by atoms with Crippen LogP contribution in [0.1, 0.15) is 30.1 Å². The van der Waals surface area contributed by atoms with Crippen molar-refractivity contribution in [3.63, 3.8) is 0 Å². The minimum Gasteiger partial charge on any atom is -0.488 e. The summed E-state index contributed by atoms with van der Waals surface area (Å²) in [5.41, 5.74) is 0.824. The van der Waals surface area contributed by atoms with Crippen LogP contribution in [-0.2, 0) is 4.79 Å². The highest BCUT2D eigenvalue weighted by Crippen LogP contribution is 2.31. The van der Waals surface area contributed by atoms with E-state index in [1.54, 1.807) is 18.2 Å². The van der Waals surface area contributed by atoms with E-state index in [1.807, 2.05) is 7.05 Å². The Kier molecular flexibility index (Phi) is 9.06. The Labute approximate surface area is 247 Å². The van der Waals surface area contributed by atoms with Gasteiger partial charge < -0.3 is 30.3 Å². The molecule has 1 aliphatic rings. The number of rotatable bonds is 9. The summed E-state index contributed by atoms with van der Waals surface area (Å²) in [6, 6.07) is 14.3. The third kappa shape index (κ3) is 7.80. The summed E-state index contributed by atoms with van der Waals surface area (Å²) < 4.78 is 40.8. The number of amides is 2. The fraction of sp³-hybridized carbons (Fsp3) is 0.226. The molecule has 2 amide bonds. The second-order valence-electron chi connectivity index (χ2n) is 10.0. The van der Waals surface area contributed by atoms with E-state index in [0.29, 0.717) is 11.4 Å². The maximum absolute atomic E-state index is 15.0. The first-order chi connectivity index (χ1) is 20.7. The molecule has 0 unspecified atom stereocenters. The van der Waals surface area contributed by atoms with Crippen molar-refractivity contribution >= 4 is 34.8 Å². The number of pyridine rings is 2. The molecule has 4 aromatic rings. The maximum Gasteiger partial charge on any atom is 0.259 e. The van der Waals surface area contributed by atoms with Crippen LogP contribution in [0.3, 0.4) is 0 Å². The zero-order chi connectivity index (χ0) is 30.3. The molecule has 3 heterocycles. The zero-order valence-corrected chi connectivity index (χ0v) is 23.6. The summed E-state index contributed by atoms with van der Waals surface area (Å²) in [5.74, 6) is -1.04. The van der Waals surface area contributed by atoms with Gasteiger partial charge in [0, 0.05) is 56.3 Å². The normalized spacial score (nSPS) is 13.7. The van der Waals surface area contributed by atoms with Gasteiger partial charge in [0.1, 0.15) is 35.1 Å². The fourth-order valence-corrected chi connectivity index (χ4v) is 4.51. The molecule has 0 saturated carbocycles. The Bertz CT molecular complexity index is 1630. The lowest BCUT2D eigenvalue weighted by Crippen LogP contribution is -2.35. The molecule has 2 aromatic carbocycles. The minimum atomic E-state index is -0.674. The Morgan fingerprint density at radius 3 is 2.51 bits per heavy atom. The van der Waals surface area contributed by atoms with E-state index in [4.69, 9.17) is 9.47 Å². The van der Waals surface area contributed by atoms with Crippen molar-refractivity contribution in [3.05, 3.63) is 90.3 Å². The molecular weight excluding hydrogens is 558 g/mol. The van der Waals surface area contributed by atoms with Gasteiger partial charge in [0.05, 0.1) is 11.3 Å². The third-order valence-corrected chi connectivity index (χ3v) is 6.66. The molecule has 5 rings (SSSR count). The van der Waals surface area contributed by atoms with Crippen LogP contribution in [0.5, 0.6) is 17.2 Å². The van der Waals surface area contributed by atoms with Crippen LogP contribution in [0.25, 0.3) is 0 Å². The van der Waals surface area contributed by atoms with Gasteiger partial charge in [0.15, 0.2) is 11.6 Å². The van der Waals surface area contributed by atoms with Crippen molar-refractivity contribution in [2.24, 2.45) is 0 Å². The summed E-state index contributed by atoms with van der Waals surface area (Å²) in [5, 5.41) is 8.31. The smallest absolute Gasteiger partial charge is 0.259 e. The van der Waals surface area contributed by atoms with Crippen LogP contribution >= 0.6 is 0 Å². The first-order valence-corrected chi connectivity index (χ1v) is 13.6. The second-order valence-corrected chi connectivity index (χ2v) is 10.0. The molecule has 43 heavy (non-hydrogen) atoms. The average molecular weight is 589 g/mol. The van der Waals surface area contributed by atoms with Gasteiger partial charge in [0.2, 0.25) is 5.91 Å². The lowest BCUT2D eigenvalue weighted by atomic mass is 10.1. The third-order valence-electron chi connectivity index (χ3n) is 6.66. The Balaban J connectivity index is 1.29. The standard InChI is InChI=1S/C31H30F2N6O4/c1-19(40)36-29-18-23(9-13-34-29)43-27-8-6-21(17-25(27)33)37-30-24(4-3-12-35-30)31(41)38-26-7-5-20(32)16-28(26)42-22-10-14-39(2)15-11-22/h3-9,12-13,16-18,22H,10-11,14-15H2,1-2H3,(H,35,37)(H,38,41)(H,34,36,40). The molecule has 12 heteroatoms. The minimum absolute atomic E-state index is 0.0574. The van der Waals surface area contributed by atoms with Crippen molar-refractivity contribution in [1.29, 1.82) is 0 Å². The number of hydrogen-bond acceptors (Lipinski definition) is 8. The van der Waals surface area contributed by atoms with E-state index in [9.17, 15) is 18.4 Å². The summed E-state index contributed by atoms with van der Waals surface area (Å²) >= 11 is 0. The molecule has 0 aliphatic carbocycles. The molecule has 1 saturated heterocycles. The van der Waals surface area contributed by atoms with Crippen molar-refractivity contribution in [2.75, 3.05) is 36.1 Å². The van der Waals surface area contributed by atoms with Crippen LogP contribution in [0.4, 0.5) is 31.8 Å². The molecule has 3 N–H and O–H groups in total. The number of halogens is 2. The van der Waals surface area contributed by atoms with Gasteiger partial charge in [-0.2, -0.15) is 0 Å². The van der Waals surface area contributed by atoms with Crippen molar-refractivity contribution in [3.8, 4) is 17.2 Å². The summed E-state index contributed by atoms with van der Waals surface area (Å²) in [7, 11) is 2.04. The van der Waals surface area contributed by atoms with Gasteiger partial charge in [-0.05, 0) is 62.4 Å². The summed E-state index contributed by atoms with van der Waals surface area (Å²) in [4.78, 5) is 35.1. The van der Waals surface area contributed by atoms with Crippen molar-refractivity contribution in [2.45, 2.75) is 25.9 Å². The molecule has 0 spiro atoms. The number of aromatic nitrogens is 2. The molecule has 2 aromatic heterocycles. The topological polar surface area (TPSA) is 118 Å². The van der Waals surface area contributed by atoms with E-state index in [0.717, 1.165) is 25.9 Å². The lowest BCUT2D eigenvalue weighted by Gasteiger charge is -2.30. The highest BCUT2D eigenvalue weighted by molar-refractivity contribution is 6.08. The number of piperidine rings is 1. The molecule has 1 fully saturated rings. The van der Waals surface area contributed by atoms with Gasteiger partial charge in [-0.25, -0.2) is 18.7 Å². The van der Waals surface area contributed by atoms with Crippen LogP contribution in [0.15, 0.2) is 73.1 Å². The number of likely N-dealkylation sites (tertiary alicyclic amines) is 1. The number of anilines is 4. The average Bonchev–Trinajstić information content (AvgIpc) is 2.97. The SMILES string of the molecule is CC(=O)Nc1cc(Oc2ccc(Nc3ncccc3C(=O)Nc3ccc(F)cc3OC3CCN(C)CC3)cc2F)ccn1.